The SMILES string of the molecule is CCCCC(C(=O)NCC(=O)Nc1ccc(C[C@@H](CC(C)C(=O)O)NC(=O)c2csc([C@@H](C[C@H](C(C)C)N(C)C(=O)[C@@H](NC(=O)[C@H]3CCCCN3C)[C@@H](C)CC)OC)n2)cc1)N1C(=O)C=CC1=O. The highest BCUT2D eigenvalue weighted by Crippen LogP contribution is 2.31. The Hall–Kier alpha value is -5.53. The van der Waals surface area contributed by atoms with Crippen LogP contribution < -0.4 is 21.3 Å². The number of aromatic nitrogens is 1. The largest absolute Gasteiger partial charge is 0.481 e. The van der Waals surface area contributed by atoms with Crippen LogP contribution in [0.25, 0.3) is 0 Å². The van der Waals surface area contributed by atoms with Gasteiger partial charge in [-0.25, -0.2) is 4.98 Å². The molecule has 2 aromatic rings. The third kappa shape index (κ3) is 15.2. The highest BCUT2D eigenvalue weighted by molar-refractivity contribution is 7.09. The molecule has 0 spiro atoms. The molecule has 2 unspecified atom stereocenters. The Kier molecular flexibility index (Phi) is 21.3. The molecule has 0 radical (unpaired) electrons. The molecular weight excluding hydrogens is 893 g/mol. The van der Waals surface area contributed by atoms with Crippen molar-refractivity contribution in [2.24, 2.45) is 17.8 Å². The Morgan fingerprint density at radius 1 is 0.971 bits per heavy atom. The van der Waals surface area contributed by atoms with Crippen LogP contribution in [0.5, 0.6) is 0 Å². The fraction of sp³-hybridized carbons (Fsp3) is 0.612. The van der Waals surface area contributed by atoms with Gasteiger partial charge in [-0.2, -0.15) is 0 Å². The molecule has 1 aromatic heterocycles. The molecule has 18 nitrogen and oxygen atoms in total. The van der Waals surface area contributed by atoms with Crippen molar-refractivity contribution in [2.45, 2.75) is 142 Å². The van der Waals surface area contributed by atoms with Crippen molar-refractivity contribution in [3.63, 3.8) is 0 Å². The molecule has 3 heterocycles. The van der Waals surface area contributed by atoms with Gasteiger partial charge in [-0.3, -0.25) is 48.2 Å². The van der Waals surface area contributed by atoms with E-state index >= 15 is 0 Å². The van der Waals surface area contributed by atoms with E-state index in [1.165, 1.54) is 11.3 Å². The first-order valence-electron chi connectivity index (χ1n) is 23.8. The second-order valence-corrected chi connectivity index (χ2v) is 19.4. The molecule has 7 amide bonds. The van der Waals surface area contributed by atoms with Crippen LogP contribution in [0, 0.1) is 17.8 Å². The second kappa shape index (κ2) is 26.3. The summed E-state index contributed by atoms with van der Waals surface area (Å²) in [6, 6.07) is 3.84. The molecule has 1 fully saturated rings. The van der Waals surface area contributed by atoms with Gasteiger partial charge in [-0.1, -0.05) is 79.4 Å². The number of hydrogen-bond donors (Lipinski definition) is 5. The summed E-state index contributed by atoms with van der Waals surface area (Å²) in [5, 5.41) is 23.2. The Morgan fingerprint density at radius 3 is 2.24 bits per heavy atom. The molecule has 8 atom stereocenters. The molecule has 19 heteroatoms. The highest BCUT2D eigenvalue weighted by atomic mass is 32.1. The van der Waals surface area contributed by atoms with Crippen LogP contribution in [0.2, 0.25) is 0 Å². The number of benzene rings is 1. The van der Waals surface area contributed by atoms with Crippen molar-refractivity contribution in [2.75, 3.05) is 39.6 Å². The van der Waals surface area contributed by atoms with Crippen molar-refractivity contribution in [1.82, 2.24) is 35.6 Å². The molecule has 2 aliphatic rings. The van der Waals surface area contributed by atoms with Gasteiger partial charge in [0, 0.05) is 55.9 Å². The Morgan fingerprint density at radius 2 is 1.65 bits per heavy atom. The molecule has 0 bridgehead atoms. The minimum Gasteiger partial charge on any atom is -0.481 e. The lowest BCUT2D eigenvalue weighted by atomic mass is 9.92. The fourth-order valence-electron chi connectivity index (χ4n) is 8.63. The van der Waals surface area contributed by atoms with Gasteiger partial charge in [-0.15, -0.1) is 11.3 Å². The number of rotatable bonds is 26. The van der Waals surface area contributed by atoms with Crippen LogP contribution in [0.4, 0.5) is 5.69 Å². The van der Waals surface area contributed by atoms with E-state index in [0.717, 1.165) is 54.8 Å². The molecule has 5 N–H and O–H groups in total. The van der Waals surface area contributed by atoms with E-state index in [2.05, 4.69) is 31.2 Å². The highest BCUT2D eigenvalue weighted by Gasteiger charge is 2.38. The Labute approximate surface area is 404 Å². The van der Waals surface area contributed by atoms with Gasteiger partial charge < -0.3 is 36.0 Å². The molecule has 68 heavy (non-hydrogen) atoms. The zero-order valence-corrected chi connectivity index (χ0v) is 41.9. The molecular formula is C49H72N8O10S. The normalized spacial score (nSPS) is 18.3. The number of likely N-dealkylation sites (N-methyl/N-ethyl adjacent to an activating group) is 2. The van der Waals surface area contributed by atoms with E-state index in [0.29, 0.717) is 30.0 Å². The number of carbonyl (C=O) groups excluding carboxylic acids is 7. The van der Waals surface area contributed by atoms with Crippen LogP contribution >= 0.6 is 11.3 Å². The lowest BCUT2D eigenvalue weighted by Gasteiger charge is -2.38. The molecule has 2 aliphatic heterocycles. The molecule has 0 aliphatic carbocycles. The summed E-state index contributed by atoms with van der Waals surface area (Å²) in [5.41, 5.74) is 1.31. The van der Waals surface area contributed by atoms with E-state index in [4.69, 9.17) is 4.74 Å². The zero-order chi connectivity index (χ0) is 50.2. The average Bonchev–Trinajstić information content (AvgIpc) is 3.94. The van der Waals surface area contributed by atoms with Gasteiger partial charge in [0.15, 0.2) is 0 Å². The first kappa shape index (κ1) is 55.1. The van der Waals surface area contributed by atoms with Crippen LogP contribution in [0.3, 0.4) is 0 Å². The van der Waals surface area contributed by atoms with Crippen molar-refractivity contribution < 1.29 is 48.2 Å². The molecule has 0 saturated carbocycles. The summed E-state index contributed by atoms with van der Waals surface area (Å²) in [6.45, 7) is 11.9. The minimum absolute atomic E-state index is 0.00556. The predicted octanol–water partition coefficient (Wildman–Crippen LogP) is 4.71. The van der Waals surface area contributed by atoms with Crippen LogP contribution in [-0.2, 0) is 44.7 Å². The van der Waals surface area contributed by atoms with Gasteiger partial charge in [0.2, 0.25) is 23.6 Å². The Balaban J connectivity index is 1.39. The van der Waals surface area contributed by atoms with Crippen molar-refractivity contribution in [3.8, 4) is 0 Å². The maximum absolute atomic E-state index is 14.2. The minimum atomic E-state index is -1.04. The van der Waals surface area contributed by atoms with Gasteiger partial charge in [0.1, 0.15) is 28.9 Å². The number of hydrogen-bond acceptors (Lipinski definition) is 12. The first-order valence-corrected chi connectivity index (χ1v) is 24.7. The molecule has 1 saturated heterocycles. The zero-order valence-electron chi connectivity index (χ0n) is 41.0. The lowest BCUT2D eigenvalue weighted by Crippen LogP contribution is -2.58. The van der Waals surface area contributed by atoms with Crippen molar-refractivity contribution in [3.05, 3.63) is 58.1 Å². The number of amides is 7. The summed E-state index contributed by atoms with van der Waals surface area (Å²) in [4.78, 5) is 113. The quantitative estimate of drug-likeness (QED) is 0.0807. The third-order valence-electron chi connectivity index (χ3n) is 13.1. The number of imide groups is 1. The Bertz CT molecular complexity index is 2090. The topological polar surface area (TPSA) is 237 Å². The van der Waals surface area contributed by atoms with Gasteiger partial charge in [0.05, 0.1) is 18.5 Å². The number of anilines is 1. The number of unbranched alkanes of at least 4 members (excludes halogenated alkanes) is 1. The van der Waals surface area contributed by atoms with E-state index in [-0.39, 0.29) is 60.7 Å². The van der Waals surface area contributed by atoms with E-state index in [9.17, 15) is 43.5 Å². The van der Waals surface area contributed by atoms with E-state index in [1.807, 2.05) is 41.7 Å². The average molecular weight is 965 g/mol. The number of likely N-dealkylation sites (tertiary alicyclic amines) is 1. The van der Waals surface area contributed by atoms with Crippen LogP contribution in [-0.4, -0.2) is 137 Å². The number of carboxylic acid groups (broad SMARTS) is 1. The number of methoxy groups -OCH3 is 1. The fourth-order valence-corrected chi connectivity index (χ4v) is 9.52. The van der Waals surface area contributed by atoms with E-state index < -0.39 is 72.2 Å². The number of carbonyl (C=O) groups is 8. The summed E-state index contributed by atoms with van der Waals surface area (Å²) < 4.78 is 5.94. The number of ether oxygens (including phenoxy) is 1. The smallest absolute Gasteiger partial charge is 0.306 e. The first-order chi connectivity index (χ1) is 32.3. The maximum Gasteiger partial charge on any atom is 0.306 e. The van der Waals surface area contributed by atoms with Gasteiger partial charge in [0.25, 0.3) is 17.7 Å². The monoisotopic (exact) mass is 965 g/mol. The second-order valence-electron chi connectivity index (χ2n) is 18.5. The summed E-state index contributed by atoms with van der Waals surface area (Å²) in [5.74, 6) is -5.00. The molecule has 1 aromatic carbocycles. The van der Waals surface area contributed by atoms with E-state index in [1.54, 1.807) is 55.6 Å². The van der Waals surface area contributed by atoms with Crippen molar-refractivity contribution in [1.29, 1.82) is 0 Å². The van der Waals surface area contributed by atoms with Gasteiger partial charge >= 0.3 is 5.97 Å². The number of nitrogens with zero attached hydrogens (tertiary/aromatic N) is 4. The third-order valence-corrected chi connectivity index (χ3v) is 14.0. The van der Waals surface area contributed by atoms with Gasteiger partial charge in [-0.05, 0) is 75.2 Å². The predicted molar refractivity (Wildman–Crippen MR) is 258 cm³/mol. The summed E-state index contributed by atoms with van der Waals surface area (Å²) in [7, 11) is 5.26. The number of carboxylic acids is 1. The lowest BCUT2D eigenvalue weighted by molar-refractivity contribution is -0.145. The van der Waals surface area contributed by atoms with Crippen molar-refractivity contribution >= 4 is 64.3 Å². The van der Waals surface area contributed by atoms with Crippen LogP contribution in [0.1, 0.15) is 126 Å². The summed E-state index contributed by atoms with van der Waals surface area (Å²) >= 11 is 1.25. The van der Waals surface area contributed by atoms with Crippen LogP contribution in [0.15, 0.2) is 41.8 Å². The summed E-state index contributed by atoms with van der Waals surface area (Å²) in [6.07, 6.45) is 7.47. The number of nitrogens with one attached hydrogen (secondary N) is 4. The maximum atomic E-state index is 14.2. The molecule has 374 valence electrons. The number of thiazole rings is 1. The molecule has 4 rings (SSSR count). The number of aliphatic carboxylic acids is 1. The standard InChI is InChI=1S/C49H72N8O10S/c1-10-12-15-37(57-41(59)21-22-42(57)60)45(62)50-27-40(58)51-33-19-17-32(18-20-33)25-34(24-31(6)49(65)66)52-44(61)35-28-68-47(53-35)39(67-9)26-38(29(3)4)56(8)48(64)43(30(5)11-2)54-46(63)36-16-13-14-23-55(36)7/h17-22,28-31,34,36-39,43H,10-16,23-27H2,1-9H3,(H,50,62)(H,51,58)(H,52,61)(H,54,63)(H,65,66)/t30-,31?,34+,36+,37?,38+,39+,43-/m0/s1. The number of piperidine rings is 1.